The third-order valence-corrected chi connectivity index (χ3v) is 6.91. The largest absolute Gasteiger partial charge is 0.323 e. The highest BCUT2D eigenvalue weighted by Gasteiger charge is 2.31. The summed E-state index contributed by atoms with van der Waals surface area (Å²) in [6.45, 7) is 13.9. The number of nitrogens with one attached hydrogen (secondary N) is 1. The van der Waals surface area contributed by atoms with E-state index < -0.39 is 0 Å². The van der Waals surface area contributed by atoms with Gasteiger partial charge >= 0.3 is 6.03 Å². The Morgan fingerprint density at radius 2 is 1.52 bits per heavy atom. The van der Waals surface area contributed by atoms with Crippen molar-refractivity contribution in [3.05, 3.63) is 64.7 Å². The van der Waals surface area contributed by atoms with Crippen molar-refractivity contribution in [1.29, 1.82) is 0 Å². The molecule has 1 N–H and O–H groups in total. The molecule has 1 fully saturated rings. The minimum atomic E-state index is 0.00272. The predicted octanol–water partition coefficient (Wildman–Crippen LogP) is 7.34. The molecule has 0 radical (unpaired) electrons. The van der Waals surface area contributed by atoms with Gasteiger partial charge in [-0.15, -0.1) is 11.8 Å². The van der Waals surface area contributed by atoms with Crippen molar-refractivity contribution in [2.24, 2.45) is 0 Å². The summed E-state index contributed by atoms with van der Waals surface area (Å²) in [5, 5.41) is 3.36. The number of carbonyl (C=O) groups excluding carboxylic acids is 1. The van der Waals surface area contributed by atoms with E-state index in [9.17, 15) is 4.79 Å². The molecular formula is C25H34N2OS. The molecule has 1 aliphatic heterocycles. The maximum atomic E-state index is 13.3. The molecule has 1 aliphatic rings. The van der Waals surface area contributed by atoms with Crippen LogP contribution >= 0.6 is 11.8 Å². The van der Waals surface area contributed by atoms with Crippen molar-refractivity contribution >= 4 is 23.5 Å². The van der Waals surface area contributed by atoms with Crippen molar-refractivity contribution in [3.8, 4) is 0 Å². The summed E-state index contributed by atoms with van der Waals surface area (Å²) in [6.07, 6.45) is 0. The first-order valence-corrected chi connectivity index (χ1v) is 11.8. The maximum absolute atomic E-state index is 13.3. The third kappa shape index (κ3) is 4.80. The smallest absolute Gasteiger partial charge is 0.308 e. The van der Waals surface area contributed by atoms with E-state index in [0.717, 1.165) is 18.0 Å². The molecule has 2 aromatic carbocycles. The van der Waals surface area contributed by atoms with Gasteiger partial charge in [-0.25, -0.2) is 4.79 Å². The summed E-state index contributed by atoms with van der Waals surface area (Å²) in [5.41, 5.74) is 5.94. The number of benzene rings is 2. The first-order valence-electron chi connectivity index (χ1n) is 10.7. The van der Waals surface area contributed by atoms with Gasteiger partial charge in [-0.05, 0) is 40.0 Å². The van der Waals surface area contributed by atoms with E-state index >= 15 is 0 Å². The van der Waals surface area contributed by atoms with Gasteiger partial charge in [-0.1, -0.05) is 84.0 Å². The Morgan fingerprint density at radius 3 is 2.03 bits per heavy atom. The SMILES string of the molecule is CC(C)c1ccc([C@H]2SCCN2C(=O)Nc2c(C(C)C)cccc2C(C)C)cc1. The number of hydrogen-bond acceptors (Lipinski definition) is 2. The summed E-state index contributed by atoms with van der Waals surface area (Å²) < 4.78 is 0. The van der Waals surface area contributed by atoms with E-state index in [4.69, 9.17) is 0 Å². The van der Waals surface area contributed by atoms with Gasteiger partial charge in [0.05, 0.1) is 0 Å². The highest BCUT2D eigenvalue weighted by Crippen LogP contribution is 2.39. The Morgan fingerprint density at radius 1 is 0.931 bits per heavy atom. The van der Waals surface area contributed by atoms with Gasteiger partial charge in [-0.3, -0.25) is 0 Å². The Labute approximate surface area is 180 Å². The molecule has 2 amide bonds. The standard InChI is InChI=1S/C25H34N2OS/c1-16(2)19-10-12-20(13-11-19)24-27(14-15-29-24)25(28)26-23-21(17(3)4)8-7-9-22(23)18(5)6/h7-13,16-18,24H,14-15H2,1-6H3,(H,26,28)/t24-/m1/s1. The van der Waals surface area contributed by atoms with Crippen molar-refractivity contribution < 1.29 is 4.79 Å². The normalized spacial score (nSPS) is 16.9. The molecule has 0 spiro atoms. The monoisotopic (exact) mass is 410 g/mol. The van der Waals surface area contributed by atoms with Gasteiger partial charge in [0, 0.05) is 18.0 Å². The van der Waals surface area contributed by atoms with E-state index in [0.29, 0.717) is 17.8 Å². The highest BCUT2D eigenvalue weighted by atomic mass is 32.2. The zero-order valence-corrected chi connectivity index (χ0v) is 19.3. The fourth-order valence-corrected chi connectivity index (χ4v) is 5.13. The number of urea groups is 1. The lowest BCUT2D eigenvalue weighted by Gasteiger charge is -2.27. The number of anilines is 1. The van der Waals surface area contributed by atoms with Gasteiger partial charge in [-0.2, -0.15) is 0 Å². The Bertz CT molecular complexity index is 816. The van der Waals surface area contributed by atoms with Crippen LogP contribution in [0, 0.1) is 0 Å². The zero-order valence-electron chi connectivity index (χ0n) is 18.5. The van der Waals surface area contributed by atoms with E-state index in [1.54, 1.807) is 0 Å². The summed E-state index contributed by atoms with van der Waals surface area (Å²) in [7, 11) is 0. The minimum absolute atomic E-state index is 0.00272. The average Bonchev–Trinajstić information content (AvgIpc) is 3.17. The van der Waals surface area contributed by atoms with E-state index in [2.05, 4.69) is 89.3 Å². The molecule has 3 rings (SSSR count). The molecule has 0 unspecified atom stereocenters. The van der Waals surface area contributed by atoms with Crippen LogP contribution in [0.1, 0.15) is 86.9 Å². The Kier molecular flexibility index (Phi) is 6.94. The summed E-state index contributed by atoms with van der Waals surface area (Å²) in [6, 6.07) is 15.1. The molecule has 1 atom stereocenters. The van der Waals surface area contributed by atoms with Crippen LogP contribution in [0.5, 0.6) is 0 Å². The lowest BCUT2D eigenvalue weighted by atomic mass is 9.93. The van der Waals surface area contributed by atoms with Gasteiger partial charge in [0.1, 0.15) is 5.37 Å². The Balaban J connectivity index is 1.85. The third-order valence-electron chi connectivity index (χ3n) is 5.65. The molecule has 1 saturated heterocycles. The molecule has 4 heteroatoms. The second-order valence-electron chi connectivity index (χ2n) is 8.79. The number of thioether (sulfide) groups is 1. The number of hydrogen-bond donors (Lipinski definition) is 1. The van der Waals surface area contributed by atoms with Crippen LogP contribution < -0.4 is 5.32 Å². The van der Waals surface area contributed by atoms with Crippen LogP contribution in [0.15, 0.2) is 42.5 Å². The van der Waals surface area contributed by atoms with Crippen molar-refractivity contribution in [2.45, 2.75) is 64.7 Å². The second kappa shape index (κ2) is 9.25. The van der Waals surface area contributed by atoms with Crippen LogP contribution in [0.2, 0.25) is 0 Å². The average molecular weight is 411 g/mol. The molecular weight excluding hydrogens is 376 g/mol. The van der Waals surface area contributed by atoms with Gasteiger partial charge < -0.3 is 10.2 Å². The number of carbonyl (C=O) groups is 1. The van der Waals surface area contributed by atoms with Crippen molar-refractivity contribution in [3.63, 3.8) is 0 Å². The lowest BCUT2D eigenvalue weighted by molar-refractivity contribution is 0.214. The number of para-hydroxylation sites is 1. The van der Waals surface area contributed by atoms with E-state index in [1.165, 1.54) is 22.3 Å². The first-order chi connectivity index (χ1) is 13.8. The molecule has 0 aliphatic carbocycles. The van der Waals surface area contributed by atoms with Gasteiger partial charge in [0.2, 0.25) is 0 Å². The summed E-state index contributed by atoms with van der Waals surface area (Å²) >= 11 is 1.84. The van der Waals surface area contributed by atoms with Crippen molar-refractivity contribution in [2.75, 3.05) is 17.6 Å². The number of rotatable bonds is 5. The zero-order chi connectivity index (χ0) is 21.1. The summed E-state index contributed by atoms with van der Waals surface area (Å²) in [5.74, 6) is 2.20. The molecule has 0 saturated carbocycles. The fourth-order valence-electron chi connectivity index (χ4n) is 3.87. The Hall–Kier alpha value is -1.94. The van der Waals surface area contributed by atoms with Gasteiger partial charge in [0.15, 0.2) is 0 Å². The van der Waals surface area contributed by atoms with Crippen LogP contribution in [-0.4, -0.2) is 23.2 Å². The highest BCUT2D eigenvalue weighted by molar-refractivity contribution is 7.99. The van der Waals surface area contributed by atoms with Crippen LogP contribution in [-0.2, 0) is 0 Å². The van der Waals surface area contributed by atoms with Crippen LogP contribution in [0.25, 0.3) is 0 Å². The van der Waals surface area contributed by atoms with Gasteiger partial charge in [0.25, 0.3) is 0 Å². The molecule has 1 heterocycles. The van der Waals surface area contributed by atoms with Crippen molar-refractivity contribution in [1.82, 2.24) is 4.90 Å². The maximum Gasteiger partial charge on any atom is 0.323 e. The topological polar surface area (TPSA) is 32.3 Å². The molecule has 29 heavy (non-hydrogen) atoms. The number of nitrogens with zero attached hydrogens (tertiary/aromatic N) is 1. The summed E-state index contributed by atoms with van der Waals surface area (Å²) in [4.78, 5) is 15.3. The predicted molar refractivity (Wildman–Crippen MR) is 126 cm³/mol. The van der Waals surface area contributed by atoms with Crippen LogP contribution in [0.4, 0.5) is 10.5 Å². The molecule has 3 nitrogen and oxygen atoms in total. The van der Waals surface area contributed by atoms with E-state index in [-0.39, 0.29) is 11.4 Å². The second-order valence-corrected chi connectivity index (χ2v) is 9.98. The lowest BCUT2D eigenvalue weighted by Crippen LogP contribution is -2.35. The number of amides is 2. The molecule has 156 valence electrons. The van der Waals surface area contributed by atoms with Crippen LogP contribution in [0.3, 0.4) is 0 Å². The quantitative estimate of drug-likeness (QED) is 0.559. The molecule has 0 aromatic heterocycles. The minimum Gasteiger partial charge on any atom is -0.308 e. The first kappa shape index (κ1) is 21.8. The molecule has 2 aromatic rings. The van der Waals surface area contributed by atoms with E-state index in [1.807, 2.05) is 16.7 Å². The molecule has 0 bridgehead atoms. The fraction of sp³-hybridized carbons (Fsp3) is 0.480.